The molecular weight excluding hydrogens is 951 g/mol. The van der Waals surface area contributed by atoms with E-state index in [1.807, 2.05) is 24.3 Å². The number of carbonyl (C=O) groups is 5. The predicted molar refractivity (Wildman–Crippen MR) is 254 cm³/mol. The van der Waals surface area contributed by atoms with Crippen LogP contribution in [0, 0.1) is 30.3 Å². The lowest BCUT2D eigenvalue weighted by Gasteiger charge is -2.27. The minimum atomic E-state index is -1.04. The van der Waals surface area contributed by atoms with Crippen molar-refractivity contribution in [2.24, 2.45) is 4.99 Å². The quantitative estimate of drug-likeness (QED) is 0.0237. The van der Waals surface area contributed by atoms with Crippen LogP contribution >= 0.6 is 11.8 Å². The summed E-state index contributed by atoms with van der Waals surface area (Å²) in [6, 6.07) is 22.6. The number of hydrogen-bond donors (Lipinski definition) is 3. The summed E-state index contributed by atoms with van der Waals surface area (Å²) in [4.78, 5) is 105. The number of rotatable bonds is 19. The molecule has 0 aliphatic carbocycles. The van der Waals surface area contributed by atoms with Gasteiger partial charge in [-0.15, -0.1) is 0 Å². The molecule has 2 fully saturated rings. The Labute approximate surface area is 409 Å². The Morgan fingerprint density at radius 1 is 0.690 bits per heavy atom. The maximum Gasteiger partial charge on any atom is 0.414 e. The number of amides is 5. The first-order chi connectivity index (χ1) is 34.1. The van der Waals surface area contributed by atoms with Gasteiger partial charge in [0.05, 0.1) is 21.9 Å². The lowest BCUT2D eigenvalue weighted by atomic mass is 10.2. The fraction of sp³-hybridized carbons (Fsp3) is 0.348. The van der Waals surface area contributed by atoms with E-state index in [2.05, 4.69) is 20.9 Å². The molecule has 4 aromatic carbocycles. The van der Waals surface area contributed by atoms with Crippen molar-refractivity contribution in [2.45, 2.75) is 68.6 Å². The number of ether oxygens (including phenoxy) is 4. The zero-order chi connectivity index (χ0) is 50.9. The van der Waals surface area contributed by atoms with Crippen LogP contribution in [0.2, 0.25) is 0 Å². The molecular formula is C46H49N9O15S. The second-order valence-corrected chi connectivity index (χ2v) is 17.4. The smallest absolute Gasteiger partial charge is 0.414 e. The molecule has 0 radical (unpaired) electrons. The molecule has 4 aromatic rings. The molecule has 24 nitrogen and oxygen atoms in total. The normalized spacial score (nSPS) is 16.0. The fourth-order valence-corrected chi connectivity index (χ4v) is 8.56. The summed E-state index contributed by atoms with van der Waals surface area (Å²) in [7, 11) is 1.58. The average molecular weight is 1000 g/mol. The maximum atomic E-state index is 14.1. The van der Waals surface area contributed by atoms with Gasteiger partial charge < -0.3 is 29.2 Å². The molecule has 374 valence electrons. The summed E-state index contributed by atoms with van der Waals surface area (Å²) in [5.41, 5.74) is 2.02. The Hall–Kier alpha value is -8.35. The number of benzene rings is 4. The summed E-state index contributed by atoms with van der Waals surface area (Å²) < 4.78 is 21.2. The van der Waals surface area contributed by atoms with E-state index in [4.69, 9.17) is 18.9 Å². The second-order valence-electron chi connectivity index (χ2n) is 16.1. The highest BCUT2D eigenvalue weighted by atomic mass is 32.2. The van der Waals surface area contributed by atoms with Crippen molar-refractivity contribution in [3.63, 3.8) is 0 Å². The number of methoxy groups -OCH3 is 1. The number of nitrogens with one attached hydrogen (secondary N) is 3. The molecule has 25 heteroatoms. The molecule has 6 rings (SSSR count). The van der Waals surface area contributed by atoms with Gasteiger partial charge in [-0.25, -0.2) is 14.4 Å². The van der Waals surface area contributed by atoms with Crippen molar-refractivity contribution >= 4 is 64.9 Å². The first-order valence-electron chi connectivity index (χ1n) is 22.0. The maximum absolute atomic E-state index is 14.1. The van der Waals surface area contributed by atoms with E-state index in [1.165, 1.54) is 77.7 Å². The number of nitro groups is 3. The number of nitro benzene ring substituents is 3. The number of likely N-dealkylation sites (tertiary alicyclic amines) is 2. The van der Waals surface area contributed by atoms with Gasteiger partial charge in [0.25, 0.3) is 17.1 Å². The molecule has 2 aliphatic heterocycles. The number of guanidine groups is 1. The highest BCUT2D eigenvalue weighted by Crippen LogP contribution is 2.33. The monoisotopic (exact) mass is 999 g/mol. The highest BCUT2D eigenvalue weighted by molar-refractivity contribution is 7.99. The van der Waals surface area contributed by atoms with Crippen molar-refractivity contribution in [2.75, 3.05) is 33.3 Å². The summed E-state index contributed by atoms with van der Waals surface area (Å²) in [5.74, 6) is 0.322. The largest absolute Gasteiger partial charge is 0.497 e. The number of non-ortho nitro benzene ring substituents is 3. The molecule has 0 spiro atoms. The van der Waals surface area contributed by atoms with E-state index in [9.17, 15) is 54.3 Å². The number of alkyl carbamates (subject to hydrolysis) is 2. The van der Waals surface area contributed by atoms with Gasteiger partial charge in [0.1, 0.15) is 31.6 Å². The topological polar surface area (TPSA) is 307 Å². The molecule has 71 heavy (non-hydrogen) atoms. The number of aliphatic imine (C=N–C) groups is 1. The minimum absolute atomic E-state index is 0.0273. The number of hydrogen-bond acceptors (Lipinski definition) is 17. The van der Waals surface area contributed by atoms with Gasteiger partial charge >= 0.3 is 18.3 Å². The summed E-state index contributed by atoms with van der Waals surface area (Å²) >= 11 is 1.61. The van der Waals surface area contributed by atoms with Gasteiger partial charge in [-0.3, -0.25) is 60.5 Å². The van der Waals surface area contributed by atoms with Crippen LogP contribution in [0.1, 0.15) is 47.9 Å². The molecule has 2 aliphatic rings. The predicted octanol–water partition coefficient (Wildman–Crippen LogP) is 6.14. The summed E-state index contributed by atoms with van der Waals surface area (Å²) in [6.45, 7) is -0.0430. The van der Waals surface area contributed by atoms with Gasteiger partial charge in [-0.05, 0) is 90.0 Å². The lowest BCUT2D eigenvalue weighted by molar-refractivity contribution is -0.385. The molecule has 0 bridgehead atoms. The van der Waals surface area contributed by atoms with E-state index in [0.29, 0.717) is 41.8 Å². The molecule has 3 N–H and O–H groups in total. The minimum Gasteiger partial charge on any atom is -0.497 e. The highest BCUT2D eigenvalue weighted by Gasteiger charge is 2.44. The van der Waals surface area contributed by atoms with Crippen LogP contribution in [0.25, 0.3) is 0 Å². The van der Waals surface area contributed by atoms with Crippen molar-refractivity contribution in [3.05, 3.63) is 150 Å². The van der Waals surface area contributed by atoms with E-state index in [-0.39, 0.29) is 92.4 Å². The van der Waals surface area contributed by atoms with Crippen LogP contribution in [-0.2, 0) is 49.4 Å². The van der Waals surface area contributed by atoms with Crippen molar-refractivity contribution in [1.82, 2.24) is 25.8 Å². The molecule has 2 heterocycles. The Morgan fingerprint density at radius 3 is 1.68 bits per heavy atom. The van der Waals surface area contributed by atoms with Crippen LogP contribution in [0.5, 0.6) is 5.75 Å². The molecule has 5 amide bonds. The molecule has 3 atom stereocenters. The molecule has 0 aromatic heterocycles. The number of carbonyl (C=O) groups excluding carboxylic acids is 5. The van der Waals surface area contributed by atoms with E-state index in [0.717, 1.165) is 11.3 Å². The van der Waals surface area contributed by atoms with Gasteiger partial charge in [-0.1, -0.05) is 12.1 Å². The first kappa shape index (κ1) is 52.0. The third kappa shape index (κ3) is 15.8. The SMILES string of the molecule is COc1ccc(CS[C@H]2C[C@@H](C(=O)N3CC[C@H](NC(=O)CCCN=C(NC(=O)OCc4ccc([N+](=O)[O-])cc4)NC(=O)OCc4ccc([N+](=O)[O-])cc4)C3)N(C(=O)OCc3ccc([N+](=O)[O-])cc3)C2)cc1. The van der Waals surface area contributed by atoms with Gasteiger partial charge in [0, 0.05) is 86.0 Å². The summed E-state index contributed by atoms with van der Waals surface area (Å²) in [6.07, 6.45) is -1.85. The number of nitrogens with zero attached hydrogens (tertiary/aromatic N) is 6. The van der Waals surface area contributed by atoms with Crippen LogP contribution in [-0.4, -0.2) is 111 Å². The second kappa shape index (κ2) is 25.3. The first-order valence-corrected chi connectivity index (χ1v) is 23.1. The Balaban J connectivity index is 1.01. The standard InChI is InChI=1S/C46H49N9O15S/c1-67-38-18-10-33(11-19-38)29-71-39-23-40(52(25-39)46(60)70-28-32-8-16-37(17-9-32)55(65)66)42(57)51-22-20-34(24-51)48-41(56)3-2-21-47-43(49-44(58)68-26-30-4-12-35(13-5-30)53(61)62)50-45(59)69-27-31-6-14-36(15-7-31)54(63)64/h4-19,34,39-40H,2-3,20-29H2,1H3,(H,48,56)(H2,47,49,50,58,59)/t34-,39-,40-/m0/s1. The summed E-state index contributed by atoms with van der Waals surface area (Å²) in [5, 5.41) is 40.5. The van der Waals surface area contributed by atoms with Crippen molar-refractivity contribution in [3.8, 4) is 5.75 Å². The zero-order valence-corrected chi connectivity index (χ0v) is 39.0. The Bertz CT molecular complexity index is 2510. The average Bonchev–Trinajstić information content (AvgIpc) is 4.03. The molecule has 2 saturated heterocycles. The molecule has 0 saturated carbocycles. The third-order valence-corrected chi connectivity index (χ3v) is 12.4. The van der Waals surface area contributed by atoms with Crippen LogP contribution in [0.15, 0.2) is 102 Å². The van der Waals surface area contributed by atoms with Crippen LogP contribution < -0.4 is 20.7 Å². The van der Waals surface area contributed by atoms with Crippen LogP contribution in [0.3, 0.4) is 0 Å². The zero-order valence-electron chi connectivity index (χ0n) is 38.2. The van der Waals surface area contributed by atoms with E-state index in [1.54, 1.807) is 23.8 Å². The Morgan fingerprint density at radius 2 is 1.18 bits per heavy atom. The fourth-order valence-electron chi connectivity index (χ4n) is 7.35. The molecule has 0 unspecified atom stereocenters. The number of thioether (sulfide) groups is 1. The van der Waals surface area contributed by atoms with E-state index >= 15 is 0 Å². The lowest BCUT2D eigenvalue weighted by Crippen LogP contribution is -2.48. The van der Waals surface area contributed by atoms with Crippen molar-refractivity contribution in [1.29, 1.82) is 0 Å². The van der Waals surface area contributed by atoms with Gasteiger partial charge in [-0.2, -0.15) is 11.8 Å². The van der Waals surface area contributed by atoms with E-state index < -0.39 is 45.1 Å². The van der Waals surface area contributed by atoms with Crippen molar-refractivity contribution < 1.29 is 57.7 Å². The van der Waals surface area contributed by atoms with Crippen LogP contribution in [0.4, 0.5) is 31.4 Å². The van der Waals surface area contributed by atoms with Gasteiger partial charge in [0.15, 0.2) is 0 Å². The Kier molecular flexibility index (Phi) is 18.6. The van der Waals surface area contributed by atoms with Gasteiger partial charge in [0.2, 0.25) is 17.8 Å². The third-order valence-electron chi connectivity index (χ3n) is 11.1.